The summed E-state index contributed by atoms with van der Waals surface area (Å²) < 4.78 is 2.36. The molecule has 2 aromatic heterocycles. The Balaban J connectivity index is 1.54. The van der Waals surface area contributed by atoms with Crippen molar-refractivity contribution in [2.45, 2.75) is 19.3 Å². The molecule has 0 fully saturated rings. The first-order valence-corrected chi connectivity index (χ1v) is 12.6. The second-order valence-corrected chi connectivity index (χ2v) is 10.5. The number of hydrogen-bond acceptors (Lipinski definition) is 1. The lowest BCUT2D eigenvalue weighted by Crippen LogP contribution is -2.15. The van der Waals surface area contributed by atoms with Crippen molar-refractivity contribution in [3.05, 3.63) is 120 Å². The minimum absolute atomic E-state index is 0.116. The summed E-state index contributed by atoms with van der Waals surface area (Å²) in [4.78, 5) is 4.92. The van der Waals surface area contributed by atoms with Gasteiger partial charge in [0.15, 0.2) is 0 Å². The highest BCUT2D eigenvalue weighted by Crippen LogP contribution is 2.54. The summed E-state index contributed by atoms with van der Waals surface area (Å²) in [5.74, 6) is 0.985. The number of hydrogen-bond donors (Lipinski definition) is 0. The average molecular weight is 461 g/mol. The minimum Gasteiger partial charge on any atom is -0.293 e. The van der Waals surface area contributed by atoms with E-state index < -0.39 is 0 Å². The number of nitrogens with zero attached hydrogens (tertiary/aromatic N) is 2. The van der Waals surface area contributed by atoms with Crippen LogP contribution in [0.5, 0.6) is 0 Å². The molecule has 170 valence electrons. The molecule has 2 heteroatoms. The summed E-state index contributed by atoms with van der Waals surface area (Å²) in [5, 5.41) is 7.58. The van der Waals surface area contributed by atoms with Gasteiger partial charge in [-0.25, -0.2) is 4.98 Å². The van der Waals surface area contributed by atoms with Gasteiger partial charge in [0.2, 0.25) is 0 Å². The van der Waals surface area contributed by atoms with Gasteiger partial charge in [0.1, 0.15) is 5.82 Å². The molecule has 0 unspecified atom stereocenters. The van der Waals surface area contributed by atoms with Gasteiger partial charge in [-0.2, -0.15) is 0 Å². The van der Waals surface area contributed by atoms with Gasteiger partial charge in [0.05, 0.1) is 11.0 Å². The highest BCUT2D eigenvalue weighted by molar-refractivity contribution is 6.15. The number of benzene rings is 5. The van der Waals surface area contributed by atoms with Gasteiger partial charge in [0, 0.05) is 27.8 Å². The van der Waals surface area contributed by atoms with Crippen LogP contribution in [-0.4, -0.2) is 9.55 Å². The Morgan fingerprint density at radius 2 is 1.31 bits per heavy atom. The zero-order valence-electron chi connectivity index (χ0n) is 20.3. The Morgan fingerprint density at radius 1 is 0.611 bits per heavy atom. The summed E-state index contributed by atoms with van der Waals surface area (Å²) >= 11 is 0. The maximum Gasteiger partial charge on any atom is 0.145 e. The fraction of sp³-hybridized carbons (Fsp3) is 0.0882. The maximum atomic E-state index is 4.92. The molecule has 0 radical (unpaired) electrons. The fourth-order valence-corrected chi connectivity index (χ4v) is 6.56. The largest absolute Gasteiger partial charge is 0.293 e. The molecule has 0 saturated carbocycles. The molecule has 0 bridgehead atoms. The topological polar surface area (TPSA) is 17.8 Å². The summed E-state index contributed by atoms with van der Waals surface area (Å²) in [6.07, 6.45) is 1.93. The van der Waals surface area contributed by atoms with E-state index in [2.05, 4.69) is 122 Å². The summed E-state index contributed by atoms with van der Waals surface area (Å²) in [6, 6.07) is 37.6. The number of pyridine rings is 1. The predicted octanol–water partition coefficient (Wildman–Crippen LogP) is 8.79. The second kappa shape index (κ2) is 6.83. The summed E-state index contributed by atoms with van der Waals surface area (Å²) in [6.45, 7) is 4.77. The van der Waals surface area contributed by atoms with E-state index in [1.54, 1.807) is 0 Å². The Kier molecular flexibility index (Phi) is 3.76. The first-order chi connectivity index (χ1) is 17.6. The lowest BCUT2D eigenvalue weighted by molar-refractivity contribution is 0.667. The van der Waals surface area contributed by atoms with Crippen LogP contribution < -0.4 is 0 Å². The zero-order valence-corrected chi connectivity index (χ0v) is 20.3. The molecule has 8 rings (SSSR count). The van der Waals surface area contributed by atoms with E-state index in [-0.39, 0.29) is 5.41 Å². The molecule has 0 atom stereocenters. The average Bonchev–Trinajstić information content (AvgIpc) is 3.36. The van der Waals surface area contributed by atoms with Crippen molar-refractivity contribution in [1.29, 1.82) is 0 Å². The van der Waals surface area contributed by atoms with Gasteiger partial charge < -0.3 is 0 Å². The smallest absolute Gasteiger partial charge is 0.145 e. The third-order valence-corrected chi connectivity index (χ3v) is 8.18. The predicted molar refractivity (Wildman–Crippen MR) is 151 cm³/mol. The van der Waals surface area contributed by atoms with Crippen molar-refractivity contribution in [3.63, 3.8) is 0 Å². The van der Waals surface area contributed by atoms with E-state index in [9.17, 15) is 0 Å². The van der Waals surface area contributed by atoms with Crippen molar-refractivity contribution in [1.82, 2.24) is 9.55 Å². The molecular weight excluding hydrogens is 436 g/mol. The molecule has 1 aliphatic carbocycles. The van der Waals surface area contributed by atoms with Gasteiger partial charge in [-0.05, 0) is 68.7 Å². The van der Waals surface area contributed by atoms with Crippen LogP contribution >= 0.6 is 0 Å². The van der Waals surface area contributed by atoms with Gasteiger partial charge in [-0.1, -0.05) is 86.6 Å². The van der Waals surface area contributed by atoms with Crippen molar-refractivity contribution < 1.29 is 0 Å². The van der Waals surface area contributed by atoms with Crippen molar-refractivity contribution in [3.8, 4) is 16.9 Å². The molecule has 0 saturated heterocycles. The van der Waals surface area contributed by atoms with E-state index >= 15 is 0 Å². The molecule has 1 aliphatic rings. The Morgan fingerprint density at radius 3 is 2.14 bits per heavy atom. The van der Waals surface area contributed by atoms with Crippen LogP contribution in [0.2, 0.25) is 0 Å². The number of para-hydroxylation sites is 1. The molecule has 0 N–H and O–H groups in total. The Hall–Kier alpha value is -4.43. The molecule has 2 nitrogen and oxygen atoms in total. The minimum atomic E-state index is -0.116. The Bertz CT molecular complexity index is 2020. The maximum absolute atomic E-state index is 4.92. The highest BCUT2D eigenvalue weighted by atomic mass is 15.1. The van der Waals surface area contributed by atoms with Crippen LogP contribution in [0, 0.1) is 0 Å². The first kappa shape index (κ1) is 19.8. The standard InChI is InChI=1S/C34H24N2/c1-34(2)28-20-23-11-4-3-10-22(23)19-27(28)25-15-16-30-31(32(25)34)26-13-7-8-14-29(26)36(30)33-24-12-6-5-9-21(24)17-18-35-33/h3-20H,1-2H3. The van der Waals surface area contributed by atoms with Crippen molar-refractivity contribution in [2.75, 3.05) is 0 Å². The molecule has 0 spiro atoms. The zero-order chi connectivity index (χ0) is 24.0. The Labute approximate surface area is 209 Å². The number of rotatable bonds is 1. The normalized spacial score (nSPS) is 14.1. The molecule has 2 heterocycles. The van der Waals surface area contributed by atoms with Gasteiger partial charge in [-0.3, -0.25) is 4.57 Å². The molecular formula is C34H24N2. The van der Waals surface area contributed by atoms with E-state index in [0.717, 1.165) is 11.2 Å². The van der Waals surface area contributed by atoms with Crippen molar-refractivity contribution in [2.24, 2.45) is 0 Å². The first-order valence-electron chi connectivity index (χ1n) is 12.6. The van der Waals surface area contributed by atoms with Crippen LogP contribution in [-0.2, 0) is 5.41 Å². The van der Waals surface area contributed by atoms with Gasteiger partial charge in [-0.15, -0.1) is 0 Å². The number of aromatic nitrogens is 2. The van der Waals surface area contributed by atoms with Crippen LogP contribution in [0.15, 0.2) is 109 Å². The quantitative estimate of drug-likeness (QED) is 0.239. The molecule has 7 aromatic rings. The van der Waals surface area contributed by atoms with Crippen LogP contribution in [0.25, 0.3) is 60.3 Å². The van der Waals surface area contributed by atoms with Crippen molar-refractivity contribution >= 4 is 43.4 Å². The lowest BCUT2D eigenvalue weighted by atomic mass is 9.80. The van der Waals surface area contributed by atoms with E-state index in [1.807, 2.05) is 6.20 Å². The summed E-state index contributed by atoms with van der Waals surface area (Å²) in [5.41, 5.74) is 7.82. The van der Waals surface area contributed by atoms with E-state index in [0.29, 0.717) is 0 Å². The third-order valence-electron chi connectivity index (χ3n) is 8.18. The van der Waals surface area contributed by atoms with Crippen LogP contribution in [0.3, 0.4) is 0 Å². The SMILES string of the molecule is CC1(C)c2cc3ccccc3cc2-c2ccc3c(c21)c1ccccc1n3-c1nccc2ccccc12. The second-order valence-electron chi connectivity index (χ2n) is 10.5. The number of fused-ring (bicyclic) bond motifs is 9. The van der Waals surface area contributed by atoms with Gasteiger partial charge >= 0.3 is 0 Å². The molecule has 0 amide bonds. The van der Waals surface area contributed by atoms with E-state index in [4.69, 9.17) is 4.98 Å². The monoisotopic (exact) mass is 460 g/mol. The van der Waals surface area contributed by atoms with Crippen LogP contribution in [0.4, 0.5) is 0 Å². The third kappa shape index (κ3) is 2.43. The van der Waals surface area contributed by atoms with E-state index in [1.165, 1.54) is 60.2 Å². The fourth-order valence-electron chi connectivity index (χ4n) is 6.56. The molecule has 5 aromatic carbocycles. The highest BCUT2D eigenvalue weighted by Gasteiger charge is 2.38. The van der Waals surface area contributed by atoms with Crippen LogP contribution in [0.1, 0.15) is 25.0 Å². The van der Waals surface area contributed by atoms with Gasteiger partial charge in [0.25, 0.3) is 0 Å². The molecule has 0 aliphatic heterocycles. The summed E-state index contributed by atoms with van der Waals surface area (Å²) in [7, 11) is 0. The lowest BCUT2D eigenvalue weighted by Gasteiger charge is -2.23. The molecule has 36 heavy (non-hydrogen) atoms.